The highest BCUT2D eigenvalue weighted by Crippen LogP contribution is 2.62. The Morgan fingerprint density at radius 1 is 0.564 bits per heavy atom. The van der Waals surface area contributed by atoms with Crippen molar-refractivity contribution in [2.75, 3.05) is 13.2 Å². The van der Waals surface area contributed by atoms with Gasteiger partial charge in [0.1, 0.15) is 6.54 Å². The van der Waals surface area contributed by atoms with Crippen molar-refractivity contribution < 1.29 is 80.2 Å². The van der Waals surface area contributed by atoms with Gasteiger partial charge >= 0.3 is 47.7 Å². The fourth-order valence-corrected chi connectivity index (χ4v) is 2.85. The molecule has 0 aromatic carbocycles. The first-order valence-corrected chi connectivity index (χ1v) is 11.1. The average molecular weight is 611 g/mol. The minimum atomic E-state index is -8.50. The Balaban J connectivity index is 5.31. The predicted octanol–water partition coefficient (Wildman–Crippen LogP) is 7.16. The maximum Gasteiger partial charge on any atom is 0.460 e. The van der Waals surface area contributed by atoms with E-state index < -0.39 is 60.1 Å². The van der Waals surface area contributed by atoms with Crippen LogP contribution in [0.1, 0.15) is 58.3 Å². The SMILES string of the molecule is CCCCCCCCCCOC(=O)CNC(=O)C(F)(F)C(F)(F)C(F)(F)C(F)(F)C(F)(F)C(F)(F)C(F)(F)F. The summed E-state index contributed by atoms with van der Waals surface area (Å²) in [5.41, 5.74) is 0. The summed E-state index contributed by atoms with van der Waals surface area (Å²) in [6.45, 7) is -0.111. The predicted molar refractivity (Wildman–Crippen MR) is 102 cm³/mol. The molecule has 39 heavy (non-hydrogen) atoms. The minimum Gasteiger partial charge on any atom is -0.464 e. The fourth-order valence-electron chi connectivity index (χ4n) is 2.85. The van der Waals surface area contributed by atoms with Gasteiger partial charge in [-0.05, 0) is 6.42 Å². The van der Waals surface area contributed by atoms with Crippen LogP contribution in [0.2, 0.25) is 0 Å². The van der Waals surface area contributed by atoms with Gasteiger partial charge in [0.2, 0.25) is 0 Å². The molecule has 0 bridgehead atoms. The first kappa shape index (κ1) is 36.9. The molecule has 0 aliphatic rings. The summed E-state index contributed by atoms with van der Waals surface area (Å²) in [6, 6.07) is 0. The summed E-state index contributed by atoms with van der Waals surface area (Å²) >= 11 is 0. The lowest BCUT2D eigenvalue weighted by atomic mass is 9.91. The standard InChI is InChI=1S/C20H24F15NO3/c1-2-3-4-5-6-7-8-9-10-39-12(37)11-36-13(38)14(21,22)15(23,24)16(25,26)17(27,28)18(29,30)19(31,32)20(33,34)35/h2-11H2,1H3,(H,36,38). The zero-order valence-corrected chi connectivity index (χ0v) is 20.0. The third-order valence-electron chi connectivity index (χ3n) is 5.27. The fraction of sp³-hybridized carbons (Fsp3) is 0.900. The van der Waals surface area contributed by atoms with E-state index in [-0.39, 0.29) is 13.0 Å². The lowest BCUT2D eigenvalue weighted by Gasteiger charge is -2.41. The van der Waals surface area contributed by atoms with Crippen molar-refractivity contribution in [3.63, 3.8) is 0 Å². The van der Waals surface area contributed by atoms with E-state index in [1.54, 1.807) is 0 Å². The second-order valence-electron chi connectivity index (χ2n) is 8.32. The van der Waals surface area contributed by atoms with Gasteiger partial charge in [0.15, 0.2) is 0 Å². The van der Waals surface area contributed by atoms with E-state index >= 15 is 0 Å². The number of hydrogen-bond acceptors (Lipinski definition) is 3. The number of carbonyl (C=O) groups is 2. The third kappa shape index (κ3) is 7.55. The van der Waals surface area contributed by atoms with E-state index in [4.69, 9.17) is 0 Å². The molecule has 1 N–H and O–H groups in total. The van der Waals surface area contributed by atoms with Crippen LogP contribution in [0.3, 0.4) is 0 Å². The van der Waals surface area contributed by atoms with E-state index in [2.05, 4.69) is 4.74 Å². The first-order valence-electron chi connectivity index (χ1n) is 11.1. The normalized spacial score (nSPS) is 14.4. The van der Waals surface area contributed by atoms with Crippen LogP contribution in [0.25, 0.3) is 0 Å². The topological polar surface area (TPSA) is 55.4 Å². The number of amides is 1. The number of alkyl halides is 15. The molecule has 0 spiro atoms. The Morgan fingerprint density at radius 3 is 1.38 bits per heavy atom. The molecule has 232 valence electrons. The smallest absolute Gasteiger partial charge is 0.460 e. The highest BCUT2D eigenvalue weighted by molar-refractivity contribution is 5.88. The quantitative estimate of drug-likeness (QED) is 0.108. The summed E-state index contributed by atoms with van der Waals surface area (Å²) in [5.74, 6) is -53.8. The van der Waals surface area contributed by atoms with Gasteiger partial charge in [0.05, 0.1) is 6.61 Å². The van der Waals surface area contributed by atoms with E-state index in [1.165, 1.54) is 0 Å². The number of hydrogen-bond donors (Lipinski definition) is 1. The summed E-state index contributed by atoms with van der Waals surface area (Å²) < 4.78 is 201. The molecule has 0 atom stereocenters. The van der Waals surface area contributed by atoms with E-state index in [1.807, 2.05) is 6.92 Å². The lowest BCUT2D eigenvalue weighted by molar-refractivity contribution is -0.449. The van der Waals surface area contributed by atoms with Gasteiger partial charge in [-0.2, -0.15) is 65.9 Å². The summed E-state index contributed by atoms with van der Waals surface area (Å²) in [4.78, 5) is 22.7. The Hall–Kier alpha value is -2.11. The van der Waals surface area contributed by atoms with E-state index in [0.29, 0.717) is 18.2 Å². The van der Waals surface area contributed by atoms with Gasteiger partial charge in [0.25, 0.3) is 5.91 Å². The van der Waals surface area contributed by atoms with Gasteiger partial charge in [-0.15, -0.1) is 0 Å². The highest BCUT2D eigenvalue weighted by Gasteiger charge is 2.94. The largest absolute Gasteiger partial charge is 0.464 e. The van der Waals surface area contributed by atoms with E-state index in [0.717, 1.165) is 32.1 Å². The second kappa shape index (κ2) is 13.0. The molecule has 0 aliphatic heterocycles. The Kier molecular flexibility index (Phi) is 12.3. The van der Waals surface area contributed by atoms with Gasteiger partial charge in [0, 0.05) is 0 Å². The first-order chi connectivity index (χ1) is 17.4. The molecule has 1 amide bonds. The molecule has 0 aliphatic carbocycles. The summed E-state index contributed by atoms with van der Waals surface area (Å²) in [6.07, 6.45) is -1.43. The van der Waals surface area contributed by atoms with Gasteiger partial charge < -0.3 is 10.1 Å². The molecule has 0 aromatic heterocycles. The van der Waals surface area contributed by atoms with Crippen LogP contribution in [-0.4, -0.2) is 66.7 Å². The maximum atomic E-state index is 13.7. The van der Waals surface area contributed by atoms with Crippen LogP contribution in [0, 0.1) is 0 Å². The van der Waals surface area contributed by atoms with Gasteiger partial charge in [-0.25, -0.2) is 0 Å². The molecule has 0 saturated heterocycles. The van der Waals surface area contributed by atoms with Crippen LogP contribution in [-0.2, 0) is 14.3 Å². The number of nitrogens with one attached hydrogen (secondary N) is 1. The Bertz CT molecular complexity index is 813. The van der Waals surface area contributed by atoms with E-state index in [9.17, 15) is 75.4 Å². The molecule has 0 unspecified atom stereocenters. The molecule has 0 radical (unpaired) electrons. The van der Waals surface area contributed by atoms with Crippen molar-refractivity contribution in [1.82, 2.24) is 5.32 Å². The number of unbranched alkanes of at least 4 members (excludes halogenated alkanes) is 7. The number of carbonyl (C=O) groups excluding carboxylic acids is 2. The molecule has 0 fully saturated rings. The Labute approximate surface area is 211 Å². The summed E-state index contributed by atoms with van der Waals surface area (Å²) in [5, 5.41) is 0.589. The number of halogens is 15. The molecule has 0 heterocycles. The molecular formula is C20H24F15NO3. The Morgan fingerprint density at radius 2 is 0.949 bits per heavy atom. The number of ether oxygens (including phenoxy) is 1. The van der Waals surface area contributed by atoms with Crippen molar-refractivity contribution in [3.8, 4) is 0 Å². The van der Waals surface area contributed by atoms with Crippen molar-refractivity contribution >= 4 is 11.9 Å². The van der Waals surface area contributed by atoms with Crippen molar-refractivity contribution in [2.24, 2.45) is 0 Å². The van der Waals surface area contributed by atoms with Gasteiger partial charge in [-0.3, -0.25) is 9.59 Å². The molecule has 0 aromatic rings. The lowest BCUT2D eigenvalue weighted by Crippen LogP contribution is -2.74. The highest BCUT2D eigenvalue weighted by atomic mass is 19.4. The summed E-state index contributed by atoms with van der Waals surface area (Å²) in [7, 11) is 0. The molecule has 0 saturated carbocycles. The average Bonchev–Trinajstić information content (AvgIpc) is 2.79. The molecule has 19 heteroatoms. The zero-order chi connectivity index (χ0) is 31.1. The monoisotopic (exact) mass is 611 g/mol. The second-order valence-corrected chi connectivity index (χ2v) is 8.32. The third-order valence-corrected chi connectivity index (χ3v) is 5.27. The molecular weight excluding hydrogens is 587 g/mol. The van der Waals surface area contributed by atoms with Crippen LogP contribution in [0.4, 0.5) is 65.9 Å². The number of rotatable bonds is 17. The van der Waals surface area contributed by atoms with Crippen molar-refractivity contribution in [1.29, 1.82) is 0 Å². The van der Waals surface area contributed by atoms with Crippen molar-refractivity contribution in [3.05, 3.63) is 0 Å². The molecule has 4 nitrogen and oxygen atoms in total. The van der Waals surface area contributed by atoms with Crippen LogP contribution in [0.5, 0.6) is 0 Å². The minimum absolute atomic E-state index is 0.222. The van der Waals surface area contributed by atoms with Crippen LogP contribution in [0.15, 0.2) is 0 Å². The zero-order valence-electron chi connectivity index (χ0n) is 20.0. The van der Waals surface area contributed by atoms with Crippen molar-refractivity contribution in [2.45, 2.75) is 100 Å². The van der Waals surface area contributed by atoms with Crippen LogP contribution >= 0.6 is 0 Å². The van der Waals surface area contributed by atoms with Gasteiger partial charge in [-0.1, -0.05) is 51.9 Å². The number of esters is 1. The molecule has 0 rings (SSSR count). The maximum absolute atomic E-state index is 13.7. The van der Waals surface area contributed by atoms with Crippen LogP contribution < -0.4 is 5.32 Å².